The van der Waals surface area contributed by atoms with Crippen molar-refractivity contribution < 1.29 is 9.55 Å². The molecule has 1 unspecified atom stereocenters. The van der Waals surface area contributed by atoms with Gasteiger partial charge >= 0.3 is 5.69 Å². The highest BCUT2D eigenvalue weighted by Gasteiger charge is 2.20. The van der Waals surface area contributed by atoms with E-state index in [4.69, 9.17) is 0 Å². The van der Waals surface area contributed by atoms with E-state index in [2.05, 4.69) is 34.1 Å². The zero-order valence-corrected chi connectivity index (χ0v) is 11.6. The van der Waals surface area contributed by atoms with Gasteiger partial charge in [0, 0.05) is 12.1 Å². The summed E-state index contributed by atoms with van der Waals surface area (Å²) < 4.78 is 4.63. The summed E-state index contributed by atoms with van der Waals surface area (Å²) >= 11 is 0. The molecule has 0 saturated carbocycles. The molecule has 1 aromatic carbocycles. The van der Waals surface area contributed by atoms with E-state index in [1.165, 1.54) is 18.9 Å². The van der Waals surface area contributed by atoms with E-state index in [1.54, 1.807) is 6.07 Å². The van der Waals surface area contributed by atoms with Gasteiger partial charge in [0.2, 0.25) is 5.52 Å². The maximum Gasteiger partial charge on any atom is 0.300 e. The van der Waals surface area contributed by atoms with Crippen LogP contribution in [-0.4, -0.2) is 21.3 Å². The number of unbranched alkanes of at least 4 members (excludes halogenated alkanes) is 2. The maximum absolute atomic E-state index is 10.9. The number of nitrogens with one attached hydrogen (secondary N) is 1. The molecule has 0 spiro atoms. The molecule has 0 bridgehead atoms. The quantitative estimate of drug-likeness (QED) is 0.473. The van der Waals surface area contributed by atoms with Crippen LogP contribution in [0.5, 0.6) is 0 Å². The van der Waals surface area contributed by atoms with E-state index in [1.807, 2.05) is 0 Å². The van der Waals surface area contributed by atoms with Crippen LogP contribution < -0.4 is 5.32 Å². The van der Waals surface area contributed by atoms with Crippen LogP contribution in [0.15, 0.2) is 16.8 Å². The molecule has 1 atom stereocenters. The second-order valence-corrected chi connectivity index (χ2v) is 4.89. The highest BCUT2D eigenvalue weighted by atomic mass is 16.6. The van der Waals surface area contributed by atoms with Gasteiger partial charge in [-0.05, 0) is 29.7 Å². The van der Waals surface area contributed by atoms with Crippen molar-refractivity contribution >= 4 is 22.4 Å². The van der Waals surface area contributed by atoms with Gasteiger partial charge < -0.3 is 5.32 Å². The SMILES string of the molecule is CCCCCC(C)Nc1ccc([N+](=O)[O-])c2nonc12. The predicted molar refractivity (Wildman–Crippen MR) is 75.7 cm³/mol. The summed E-state index contributed by atoms with van der Waals surface area (Å²) in [7, 11) is 0. The molecule has 0 amide bonds. The summed E-state index contributed by atoms with van der Waals surface area (Å²) in [6, 6.07) is 3.34. The van der Waals surface area contributed by atoms with Crippen LogP contribution in [0, 0.1) is 10.1 Å². The predicted octanol–water partition coefficient (Wildman–Crippen LogP) is 3.51. The Morgan fingerprint density at radius 3 is 2.80 bits per heavy atom. The number of anilines is 1. The van der Waals surface area contributed by atoms with Gasteiger partial charge in [-0.15, -0.1) is 0 Å². The summed E-state index contributed by atoms with van der Waals surface area (Å²) in [6.45, 7) is 4.25. The fourth-order valence-corrected chi connectivity index (χ4v) is 2.16. The minimum atomic E-state index is -0.485. The van der Waals surface area contributed by atoms with E-state index in [9.17, 15) is 10.1 Å². The lowest BCUT2D eigenvalue weighted by atomic mass is 10.1. The highest BCUT2D eigenvalue weighted by molar-refractivity contribution is 5.93. The Balaban J connectivity index is 2.17. The molecule has 0 radical (unpaired) electrons. The van der Waals surface area contributed by atoms with Gasteiger partial charge in [-0.25, -0.2) is 4.63 Å². The lowest BCUT2D eigenvalue weighted by molar-refractivity contribution is -0.383. The van der Waals surface area contributed by atoms with Crippen LogP contribution in [0.25, 0.3) is 11.0 Å². The van der Waals surface area contributed by atoms with Gasteiger partial charge in [-0.2, -0.15) is 0 Å². The summed E-state index contributed by atoms with van der Waals surface area (Å²) in [6.07, 6.45) is 4.57. The number of rotatable bonds is 7. The lowest BCUT2D eigenvalue weighted by Crippen LogP contribution is -2.15. The topological polar surface area (TPSA) is 94.1 Å². The number of hydrogen-bond acceptors (Lipinski definition) is 6. The molecule has 0 aliphatic rings. The van der Waals surface area contributed by atoms with Gasteiger partial charge in [0.25, 0.3) is 0 Å². The van der Waals surface area contributed by atoms with Crippen molar-refractivity contribution in [1.29, 1.82) is 0 Å². The normalized spacial score (nSPS) is 12.5. The molecule has 108 valence electrons. The van der Waals surface area contributed by atoms with E-state index < -0.39 is 4.92 Å². The second-order valence-electron chi connectivity index (χ2n) is 4.89. The van der Waals surface area contributed by atoms with Crippen molar-refractivity contribution in [3.05, 3.63) is 22.2 Å². The Labute approximate surface area is 116 Å². The summed E-state index contributed by atoms with van der Waals surface area (Å²) in [4.78, 5) is 10.4. The van der Waals surface area contributed by atoms with Gasteiger partial charge in [-0.3, -0.25) is 10.1 Å². The molecule has 0 saturated heterocycles. The fraction of sp³-hybridized carbons (Fsp3) is 0.538. The second kappa shape index (κ2) is 6.31. The van der Waals surface area contributed by atoms with E-state index >= 15 is 0 Å². The van der Waals surface area contributed by atoms with Crippen molar-refractivity contribution in [3.8, 4) is 0 Å². The van der Waals surface area contributed by atoms with Gasteiger partial charge in [0.05, 0.1) is 10.6 Å². The zero-order chi connectivity index (χ0) is 14.5. The molecule has 1 aromatic heterocycles. The molecule has 7 nitrogen and oxygen atoms in total. The minimum Gasteiger partial charge on any atom is -0.381 e. The number of nitro benzene ring substituents is 1. The van der Waals surface area contributed by atoms with Crippen LogP contribution in [0.2, 0.25) is 0 Å². The standard InChI is InChI=1S/C13H18N4O3/c1-3-4-5-6-9(2)14-10-7-8-11(17(18)19)13-12(10)15-20-16-13/h7-9,14H,3-6H2,1-2H3. The first-order chi connectivity index (χ1) is 9.63. The Kier molecular flexibility index (Phi) is 4.49. The summed E-state index contributed by atoms with van der Waals surface area (Å²) in [5.41, 5.74) is 1.21. The number of nitro groups is 1. The zero-order valence-electron chi connectivity index (χ0n) is 11.6. The number of non-ortho nitro benzene ring substituents is 1. The van der Waals surface area contributed by atoms with Crippen LogP contribution in [0.3, 0.4) is 0 Å². The minimum absolute atomic E-state index is 0.0922. The van der Waals surface area contributed by atoms with E-state index in [-0.39, 0.29) is 17.2 Å². The fourth-order valence-electron chi connectivity index (χ4n) is 2.16. The molecule has 0 fully saturated rings. The first kappa shape index (κ1) is 14.2. The first-order valence-electron chi connectivity index (χ1n) is 6.79. The highest BCUT2D eigenvalue weighted by Crippen LogP contribution is 2.29. The molecule has 2 rings (SSSR count). The number of fused-ring (bicyclic) bond motifs is 1. The summed E-state index contributed by atoms with van der Waals surface area (Å²) in [5, 5.41) is 21.6. The average Bonchev–Trinajstić information content (AvgIpc) is 2.88. The van der Waals surface area contributed by atoms with Crippen LogP contribution in [0.1, 0.15) is 39.5 Å². The number of nitrogens with zero attached hydrogens (tertiary/aromatic N) is 3. The van der Waals surface area contributed by atoms with Crippen LogP contribution in [0.4, 0.5) is 11.4 Å². The largest absolute Gasteiger partial charge is 0.381 e. The van der Waals surface area contributed by atoms with E-state index in [0.717, 1.165) is 18.5 Å². The smallest absolute Gasteiger partial charge is 0.300 e. The monoisotopic (exact) mass is 278 g/mol. The van der Waals surface area contributed by atoms with Crippen molar-refractivity contribution in [3.63, 3.8) is 0 Å². The van der Waals surface area contributed by atoms with Crippen molar-refractivity contribution in [2.24, 2.45) is 0 Å². The number of aromatic nitrogens is 2. The number of benzene rings is 1. The molecular formula is C13H18N4O3. The summed E-state index contributed by atoms with van der Waals surface area (Å²) in [5.74, 6) is 0. The lowest BCUT2D eigenvalue weighted by Gasteiger charge is -2.14. The van der Waals surface area contributed by atoms with Crippen molar-refractivity contribution in [1.82, 2.24) is 10.3 Å². The Morgan fingerprint density at radius 1 is 1.35 bits per heavy atom. The third kappa shape index (κ3) is 3.04. The average molecular weight is 278 g/mol. The molecule has 2 aromatic rings. The van der Waals surface area contributed by atoms with E-state index in [0.29, 0.717) is 5.52 Å². The molecule has 0 aliphatic heterocycles. The third-order valence-corrected chi connectivity index (χ3v) is 3.23. The molecule has 0 aliphatic carbocycles. The van der Waals surface area contributed by atoms with Gasteiger partial charge in [0.1, 0.15) is 0 Å². The van der Waals surface area contributed by atoms with Crippen molar-refractivity contribution in [2.45, 2.75) is 45.6 Å². The van der Waals surface area contributed by atoms with Crippen molar-refractivity contribution in [2.75, 3.05) is 5.32 Å². The number of hydrogen-bond donors (Lipinski definition) is 1. The molecule has 1 N–H and O–H groups in total. The molecular weight excluding hydrogens is 260 g/mol. The molecule has 1 heterocycles. The van der Waals surface area contributed by atoms with Crippen LogP contribution in [-0.2, 0) is 0 Å². The van der Waals surface area contributed by atoms with Gasteiger partial charge in [0.15, 0.2) is 5.52 Å². The van der Waals surface area contributed by atoms with Crippen LogP contribution >= 0.6 is 0 Å². The third-order valence-electron chi connectivity index (χ3n) is 3.23. The molecule has 20 heavy (non-hydrogen) atoms. The Bertz CT molecular complexity index is 596. The molecule has 7 heteroatoms. The Hall–Kier alpha value is -2.18. The first-order valence-corrected chi connectivity index (χ1v) is 6.79. The maximum atomic E-state index is 10.9. The van der Waals surface area contributed by atoms with Gasteiger partial charge in [-0.1, -0.05) is 26.2 Å². The Morgan fingerprint density at radius 2 is 2.10 bits per heavy atom.